The van der Waals surface area contributed by atoms with Crippen LogP contribution in [0, 0.1) is 17.5 Å². The Morgan fingerprint density at radius 2 is 1.72 bits per heavy atom. The lowest BCUT2D eigenvalue weighted by atomic mass is 9.92. The molecule has 0 bridgehead atoms. The maximum absolute atomic E-state index is 13.6. The van der Waals surface area contributed by atoms with Gasteiger partial charge in [0.2, 0.25) is 5.91 Å². The Bertz CT molecular complexity index is 981. The molecule has 1 heterocycles. The van der Waals surface area contributed by atoms with E-state index in [4.69, 9.17) is 0 Å². The molecule has 2 aromatic carbocycles. The number of carbonyl (C=O) groups is 3. The second-order valence-corrected chi connectivity index (χ2v) is 6.69. The van der Waals surface area contributed by atoms with E-state index in [-0.39, 0.29) is 12.1 Å². The van der Waals surface area contributed by atoms with Crippen LogP contribution in [0.15, 0.2) is 42.5 Å². The number of carbonyl (C=O) groups excluding carboxylic acids is 3. The summed E-state index contributed by atoms with van der Waals surface area (Å²) < 4.78 is 39.9. The van der Waals surface area contributed by atoms with E-state index in [2.05, 4.69) is 5.32 Å². The summed E-state index contributed by atoms with van der Waals surface area (Å²) in [6.07, 6.45) is 0. The number of benzene rings is 2. The smallest absolute Gasteiger partial charge is 0.319 e. The van der Waals surface area contributed by atoms with Gasteiger partial charge in [-0.2, -0.15) is 0 Å². The van der Waals surface area contributed by atoms with Crippen LogP contribution in [0.2, 0.25) is 0 Å². The van der Waals surface area contributed by atoms with Gasteiger partial charge in [0.25, 0.3) is 5.91 Å². The molecule has 1 N–H and O–H groups in total. The number of amides is 4. The summed E-state index contributed by atoms with van der Waals surface area (Å²) in [6.45, 7) is 2.71. The summed E-state index contributed by atoms with van der Waals surface area (Å²) in [4.78, 5) is 39.9. The summed E-state index contributed by atoms with van der Waals surface area (Å²) in [5, 5.41) is 2.43. The highest BCUT2D eigenvalue weighted by molar-refractivity contribution is 6.10. The molecule has 0 aromatic heterocycles. The van der Waals surface area contributed by atoms with E-state index in [0.717, 1.165) is 17.0 Å². The Kier molecular flexibility index (Phi) is 5.32. The predicted octanol–water partition coefficient (Wildman–Crippen LogP) is 2.92. The highest BCUT2D eigenvalue weighted by Gasteiger charge is 2.50. The Morgan fingerprint density at radius 3 is 2.31 bits per heavy atom. The molecule has 4 amide bonds. The molecule has 1 aliphatic rings. The minimum Gasteiger partial charge on any atom is -0.319 e. The number of imide groups is 1. The van der Waals surface area contributed by atoms with Gasteiger partial charge in [0, 0.05) is 12.2 Å². The fraction of sp³-hybridized carbons (Fsp3) is 0.250. The van der Waals surface area contributed by atoms with Crippen molar-refractivity contribution < 1.29 is 27.6 Å². The molecule has 9 heteroatoms. The van der Waals surface area contributed by atoms with Gasteiger partial charge < -0.3 is 10.2 Å². The summed E-state index contributed by atoms with van der Waals surface area (Å²) in [7, 11) is 0. The molecule has 2 aromatic rings. The third-order valence-corrected chi connectivity index (χ3v) is 4.82. The van der Waals surface area contributed by atoms with E-state index in [1.54, 1.807) is 6.92 Å². The van der Waals surface area contributed by atoms with Crippen LogP contribution in [0.4, 0.5) is 23.7 Å². The lowest BCUT2D eigenvalue weighted by Gasteiger charge is -2.24. The van der Waals surface area contributed by atoms with Crippen LogP contribution < -0.4 is 10.2 Å². The predicted molar refractivity (Wildman–Crippen MR) is 98.4 cm³/mol. The van der Waals surface area contributed by atoms with E-state index < -0.39 is 47.4 Å². The molecule has 0 spiro atoms. The monoisotopic (exact) mass is 405 g/mol. The van der Waals surface area contributed by atoms with Gasteiger partial charge in [-0.3, -0.25) is 14.5 Å². The highest BCUT2D eigenvalue weighted by Crippen LogP contribution is 2.30. The molecule has 0 aliphatic carbocycles. The van der Waals surface area contributed by atoms with Crippen LogP contribution in [0.25, 0.3) is 0 Å². The van der Waals surface area contributed by atoms with E-state index in [1.165, 1.54) is 42.2 Å². The molecule has 3 rings (SSSR count). The van der Waals surface area contributed by atoms with Crippen LogP contribution in [-0.4, -0.2) is 35.8 Å². The first-order valence-corrected chi connectivity index (χ1v) is 8.83. The largest absolute Gasteiger partial charge is 0.325 e. The molecule has 1 aliphatic heterocycles. The van der Waals surface area contributed by atoms with Crippen LogP contribution in [-0.2, 0) is 15.1 Å². The zero-order chi connectivity index (χ0) is 21.3. The molecule has 1 atom stereocenters. The minimum atomic E-state index is -1.64. The first-order valence-electron chi connectivity index (χ1n) is 8.83. The van der Waals surface area contributed by atoms with Crippen molar-refractivity contribution in [3.8, 4) is 0 Å². The van der Waals surface area contributed by atoms with Crippen LogP contribution >= 0.6 is 0 Å². The second-order valence-electron chi connectivity index (χ2n) is 6.69. The normalized spacial score (nSPS) is 18.7. The average molecular weight is 405 g/mol. The van der Waals surface area contributed by atoms with Gasteiger partial charge in [-0.1, -0.05) is 6.07 Å². The highest BCUT2D eigenvalue weighted by atomic mass is 19.2. The number of nitrogens with zero attached hydrogens (tertiary/aromatic N) is 2. The first-order chi connectivity index (χ1) is 13.7. The zero-order valence-electron chi connectivity index (χ0n) is 15.7. The molecule has 1 fully saturated rings. The van der Waals surface area contributed by atoms with Crippen LogP contribution in [0.1, 0.15) is 19.4 Å². The van der Waals surface area contributed by atoms with Crippen molar-refractivity contribution in [3.63, 3.8) is 0 Å². The molecule has 29 heavy (non-hydrogen) atoms. The van der Waals surface area contributed by atoms with Crippen molar-refractivity contribution in [3.05, 3.63) is 65.5 Å². The Balaban J connectivity index is 1.83. The van der Waals surface area contributed by atoms with Gasteiger partial charge in [0.1, 0.15) is 17.9 Å². The number of likely N-dealkylation sites (N-methyl/N-ethyl adjacent to an activating group) is 1. The van der Waals surface area contributed by atoms with Gasteiger partial charge in [0.05, 0.1) is 0 Å². The molecule has 0 radical (unpaired) electrons. The van der Waals surface area contributed by atoms with Gasteiger partial charge in [-0.25, -0.2) is 18.0 Å². The Hall–Kier alpha value is -3.36. The summed E-state index contributed by atoms with van der Waals surface area (Å²) >= 11 is 0. The van der Waals surface area contributed by atoms with Gasteiger partial charge >= 0.3 is 6.03 Å². The number of rotatable bonds is 5. The third-order valence-electron chi connectivity index (χ3n) is 4.82. The van der Waals surface area contributed by atoms with Crippen molar-refractivity contribution in [1.82, 2.24) is 10.2 Å². The molecular formula is C20H18F3N3O3. The van der Waals surface area contributed by atoms with E-state index in [1.807, 2.05) is 0 Å². The lowest BCUT2D eigenvalue weighted by Crippen LogP contribution is -2.44. The topological polar surface area (TPSA) is 69.7 Å². The summed E-state index contributed by atoms with van der Waals surface area (Å²) in [5.74, 6) is -4.03. The van der Waals surface area contributed by atoms with E-state index >= 15 is 0 Å². The lowest BCUT2D eigenvalue weighted by molar-refractivity contribution is -0.134. The minimum absolute atomic E-state index is 0.0515. The average Bonchev–Trinajstić information content (AvgIpc) is 2.90. The molecule has 152 valence electrons. The molecule has 6 nitrogen and oxygen atoms in total. The number of hydrogen-bond acceptors (Lipinski definition) is 3. The first kappa shape index (κ1) is 20.4. The van der Waals surface area contributed by atoms with Crippen molar-refractivity contribution in [2.24, 2.45) is 0 Å². The Morgan fingerprint density at radius 1 is 1.07 bits per heavy atom. The number of nitrogens with one attached hydrogen (secondary N) is 1. The third kappa shape index (κ3) is 3.67. The van der Waals surface area contributed by atoms with Gasteiger partial charge in [-0.05, 0) is 55.8 Å². The van der Waals surface area contributed by atoms with E-state index in [0.29, 0.717) is 5.69 Å². The Labute approximate surface area is 164 Å². The van der Waals surface area contributed by atoms with Gasteiger partial charge in [-0.15, -0.1) is 0 Å². The number of halogens is 3. The molecule has 0 saturated carbocycles. The van der Waals surface area contributed by atoms with Crippen molar-refractivity contribution in [2.45, 2.75) is 19.4 Å². The van der Waals surface area contributed by atoms with E-state index in [9.17, 15) is 27.6 Å². The fourth-order valence-electron chi connectivity index (χ4n) is 3.19. The number of hydrogen-bond donors (Lipinski definition) is 1. The number of urea groups is 1. The van der Waals surface area contributed by atoms with Gasteiger partial charge in [0.15, 0.2) is 11.6 Å². The fourth-order valence-corrected chi connectivity index (χ4v) is 3.19. The standard InChI is InChI=1S/C20H18F3N3O3/c1-3-25(14-7-5-13(21)6-8-14)17(27)11-26-18(28)20(2,24-19(26)29)12-4-9-15(22)16(23)10-12/h4-10H,3,11H2,1-2H3,(H,24,29)/t20-/m0/s1. The maximum atomic E-state index is 13.6. The SMILES string of the molecule is CCN(C(=O)CN1C(=O)N[C@@](C)(c2ccc(F)c(F)c2)C1=O)c1ccc(F)cc1. The second kappa shape index (κ2) is 7.57. The van der Waals surface area contributed by atoms with Crippen LogP contribution in [0.5, 0.6) is 0 Å². The zero-order valence-corrected chi connectivity index (χ0v) is 15.7. The summed E-state index contributed by atoms with van der Waals surface area (Å²) in [5.41, 5.74) is -1.18. The van der Waals surface area contributed by atoms with Crippen molar-refractivity contribution in [1.29, 1.82) is 0 Å². The quantitative estimate of drug-likeness (QED) is 0.778. The maximum Gasteiger partial charge on any atom is 0.325 e. The number of anilines is 1. The molecule has 1 saturated heterocycles. The van der Waals surface area contributed by atoms with Crippen molar-refractivity contribution in [2.75, 3.05) is 18.0 Å². The molecule has 0 unspecified atom stereocenters. The van der Waals surface area contributed by atoms with Crippen LogP contribution in [0.3, 0.4) is 0 Å². The summed E-state index contributed by atoms with van der Waals surface area (Å²) in [6, 6.07) is 7.26. The molecular weight excluding hydrogens is 387 g/mol. The van der Waals surface area contributed by atoms with Crippen molar-refractivity contribution >= 4 is 23.5 Å².